The fourth-order valence-electron chi connectivity index (χ4n) is 4.11. The van der Waals surface area contributed by atoms with Crippen LogP contribution in [0.25, 0.3) is 0 Å². The number of sulfonamides is 1. The van der Waals surface area contributed by atoms with Crippen molar-refractivity contribution in [3.8, 4) is 11.5 Å². The fraction of sp³-hybridized carbons (Fsp3) is 0.696. The van der Waals surface area contributed by atoms with E-state index in [1.165, 1.54) is 12.1 Å². The third-order valence-corrected chi connectivity index (χ3v) is 7.26. The van der Waals surface area contributed by atoms with Crippen LogP contribution in [0.5, 0.6) is 11.5 Å². The van der Waals surface area contributed by atoms with Gasteiger partial charge in [-0.3, -0.25) is 4.79 Å². The van der Waals surface area contributed by atoms with Gasteiger partial charge in [-0.15, -0.1) is 0 Å². The third kappa shape index (κ3) is 6.59. The fourth-order valence-corrected chi connectivity index (χ4v) is 5.46. The van der Waals surface area contributed by atoms with Crippen LogP contribution < -0.4 is 19.5 Å². The summed E-state index contributed by atoms with van der Waals surface area (Å²) in [6.45, 7) is 12.0. The number of carbonyl (C=O) groups excluding carboxylic acids is 1. The molecule has 0 spiro atoms. The van der Waals surface area contributed by atoms with Crippen LogP contribution in [0.3, 0.4) is 0 Å². The van der Waals surface area contributed by atoms with Gasteiger partial charge in [0.05, 0.1) is 18.1 Å². The van der Waals surface area contributed by atoms with E-state index in [-0.39, 0.29) is 22.8 Å². The lowest BCUT2D eigenvalue weighted by Crippen LogP contribution is -2.54. The maximum absolute atomic E-state index is 13.1. The van der Waals surface area contributed by atoms with Crippen molar-refractivity contribution in [2.24, 2.45) is 11.8 Å². The number of hydrogen-bond donors (Lipinski definition) is 2. The predicted octanol–water partition coefficient (Wildman–Crippen LogP) is 2.39. The normalized spacial score (nSPS) is 19.1. The first-order chi connectivity index (χ1) is 15.2. The average molecular weight is 468 g/mol. The van der Waals surface area contributed by atoms with E-state index < -0.39 is 16.1 Å². The molecular weight excluding hydrogens is 430 g/mol. The largest absolute Gasteiger partial charge is 0.490 e. The standard InChI is InChI=1S/C23H37N3O5S/c1-16(2)15-26-10-8-18(9-11-26)24-23(27)22(17(3)4)25-32(28,29)19-6-7-20-21(14-19)31-13-5-12-30-20/h6-7,14,16-18,22,25H,5,8-13,15H2,1-4H3,(H,24,27). The Morgan fingerprint density at radius 2 is 1.75 bits per heavy atom. The van der Waals surface area contributed by atoms with Crippen LogP contribution in [0.1, 0.15) is 47.0 Å². The van der Waals surface area contributed by atoms with Gasteiger partial charge in [0.25, 0.3) is 0 Å². The van der Waals surface area contributed by atoms with Gasteiger partial charge >= 0.3 is 0 Å². The average Bonchev–Trinajstić information content (AvgIpc) is 2.97. The molecule has 0 aliphatic carbocycles. The zero-order valence-corrected chi connectivity index (χ0v) is 20.4. The first-order valence-electron chi connectivity index (χ1n) is 11.6. The highest BCUT2D eigenvalue weighted by Gasteiger charge is 2.31. The number of hydrogen-bond acceptors (Lipinski definition) is 6. The maximum atomic E-state index is 13.1. The van der Waals surface area contributed by atoms with E-state index in [1.807, 2.05) is 13.8 Å². The number of rotatable bonds is 8. The highest BCUT2D eigenvalue weighted by atomic mass is 32.2. The lowest BCUT2D eigenvalue weighted by atomic mass is 10.0. The zero-order valence-electron chi connectivity index (χ0n) is 19.6. The summed E-state index contributed by atoms with van der Waals surface area (Å²) < 4.78 is 39.9. The van der Waals surface area contributed by atoms with Gasteiger partial charge in [-0.25, -0.2) is 8.42 Å². The Balaban J connectivity index is 1.64. The van der Waals surface area contributed by atoms with Crippen molar-refractivity contribution in [1.29, 1.82) is 0 Å². The third-order valence-electron chi connectivity index (χ3n) is 5.82. The number of piperidine rings is 1. The van der Waals surface area contributed by atoms with Crippen molar-refractivity contribution >= 4 is 15.9 Å². The monoisotopic (exact) mass is 467 g/mol. The van der Waals surface area contributed by atoms with Gasteiger partial charge in [0.2, 0.25) is 15.9 Å². The van der Waals surface area contributed by atoms with Gasteiger partial charge in [-0.05, 0) is 36.8 Å². The Morgan fingerprint density at radius 1 is 1.09 bits per heavy atom. The molecule has 0 saturated carbocycles. The summed E-state index contributed by atoms with van der Waals surface area (Å²) in [4.78, 5) is 15.5. The van der Waals surface area contributed by atoms with Crippen molar-refractivity contribution in [2.75, 3.05) is 32.8 Å². The first-order valence-corrected chi connectivity index (χ1v) is 13.1. The van der Waals surface area contributed by atoms with Crippen LogP contribution in [0.4, 0.5) is 0 Å². The maximum Gasteiger partial charge on any atom is 0.241 e. The number of benzene rings is 1. The summed E-state index contributed by atoms with van der Waals surface area (Å²) in [5.74, 6) is 1.07. The molecule has 32 heavy (non-hydrogen) atoms. The van der Waals surface area contributed by atoms with Gasteiger partial charge in [-0.2, -0.15) is 4.72 Å². The molecule has 1 unspecified atom stereocenters. The molecule has 8 nitrogen and oxygen atoms in total. The lowest BCUT2D eigenvalue weighted by Gasteiger charge is -2.34. The molecule has 1 aromatic rings. The molecule has 2 aliphatic heterocycles. The Labute approximate surface area is 192 Å². The minimum atomic E-state index is -3.91. The number of nitrogens with one attached hydrogen (secondary N) is 2. The molecule has 2 heterocycles. The molecule has 0 aromatic heterocycles. The molecule has 9 heteroatoms. The smallest absolute Gasteiger partial charge is 0.241 e. The molecule has 1 amide bonds. The lowest BCUT2D eigenvalue weighted by molar-refractivity contribution is -0.124. The molecule has 1 fully saturated rings. The summed E-state index contributed by atoms with van der Waals surface area (Å²) in [5, 5.41) is 3.07. The van der Waals surface area contributed by atoms with Crippen molar-refractivity contribution in [3.63, 3.8) is 0 Å². The van der Waals surface area contributed by atoms with Crippen LogP contribution in [0, 0.1) is 11.8 Å². The Kier molecular flexibility index (Phi) is 8.41. The first kappa shape index (κ1) is 24.8. The molecule has 1 atom stereocenters. The molecular formula is C23H37N3O5S. The van der Waals surface area contributed by atoms with Gasteiger partial charge in [0.1, 0.15) is 6.04 Å². The molecule has 0 radical (unpaired) electrons. The van der Waals surface area contributed by atoms with Gasteiger partial charge in [-0.1, -0.05) is 27.7 Å². The van der Waals surface area contributed by atoms with Crippen LogP contribution in [0.15, 0.2) is 23.1 Å². The number of ether oxygens (including phenoxy) is 2. The van der Waals surface area contributed by atoms with E-state index in [0.717, 1.165) is 38.9 Å². The van der Waals surface area contributed by atoms with Crippen molar-refractivity contribution in [1.82, 2.24) is 14.9 Å². The number of amides is 1. The van der Waals surface area contributed by atoms with E-state index in [2.05, 4.69) is 28.8 Å². The second kappa shape index (κ2) is 10.9. The summed E-state index contributed by atoms with van der Waals surface area (Å²) in [6.07, 6.45) is 2.48. The van der Waals surface area contributed by atoms with Gasteiger partial charge in [0.15, 0.2) is 11.5 Å². The van der Waals surface area contributed by atoms with Crippen molar-refractivity contribution in [2.45, 2.75) is 63.9 Å². The molecule has 0 bridgehead atoms. The van der Waals surface area contributed by atoms with Crippen LogP contribution in [-0.2, 0) is 14.8 Å². The highest BCUT2D eigenvalue weighted by Crippen LogP contribution is 2.32. The van der Waals surface area contributed by atoms with E-state index in [9.17, 15) is 13.2 Å². The number of likely N-dealkylation sites (tertiary alicyclic amines) is 1. The molecule has 2 aliphatic rings. The van der Waals surface area contributed by atoms with E-state index in [0.29, 0.717) is 30.6 Å². The SMILES string of the molecule is CC(C)CN1CCC(NC(=O)C(NS(=O)(=O)c2ccc3c(c2)OCCCO3)C(C)C)CC1. The van der Waals surface area contributed by atoms with E-state index >= 15 is 0 Å². The summed E-state index contributed by atoms with van der Waals surface area (Å²) in [5.41, 5.74) is 0. The molecule has 1 saturated heterocycles. The Morgan fingerprint density at radius 3 is 2.38 bits per heavy atom. The second-order valence-corrected chi connectivity index (χ2v) is 11.2. The molecule has 3 rings (SSSR count). The van der Waals surface area contributed by atoms with E-state index in [4.69, 9.17) is 9.47 Å². The topological polar surface area (TPSA) is 97.0 Å². The summed E-state index contributed by atoms with van der Waals surface area (Å²) >= 11 is 0. The highest BCUT2D eigenvalue weighted by molar-refractivity contribution is 7.89. The predicted molar refractivity (Wildman–Crippen MR) is 123 cm³/mol. The minimum absolute atomic E-state index is 0.0576. The van der Waals surface area contributed by atoms with Crippen molar-refractivity contribution < 1.29 is 22.7 Å². The molecule has 1 aromatic carbocycles. The Bertz CT molecular complexity index is 880. The Hall–Kier alpha value is -1.84. The number of fused-ring (bicyclic) bond motifs is 1. The number of carbonyl (C=O) groups is 1. The molecule has 180 valence electrons. The van der Waals surface area contributed by atoms with Crippen LogP contribution in [-0.4, -0.2) is 64.2 Å². The van der Waals surface area contributed by atoms with Crippen LogP contribution >= 0.6 is 0 Å². The second-order valence-electron chi connectivity index (χ2n) is 9.48. The van der Waals surface area contributed by atoms with Gasteiger partial charge in [0, 0.05) is 38.2 Å². The van der Waals surface area contributed by atoms with E-state index in [1.54, 1.807) is 6.07 Å². The van der Waals surface area contributed by atoms with Gasteiger partial charge < -0.3 is 19.7 Å². The minimum Gasteiger partial charge on any atom is -0.490 e. The number of nitrogens with zero attached hydrogens (tertiary/aromatic N) is 1. The van der Waals surface area contributed by atoms with Crippen LogP contribution in [0.2, 0.25) is 0 Å². The summed E-state index contributed by atoms with van der Waals surface area (Å²) in [6, 6.07) is 3.75. The van der Waals surface area contributed by atoms with Crippen molar-refractivity contribution in [3.05, 3.63) is 18.2 Å². The summed E-state index contributed by atoms with van der Waals surface area (Å²) in [7, 11) is -3.91. The quantitative estimate of drug-likeness (QED) is 0.609. The zero-order chi connectivity index (χ0) is 23.3. The molecule has 2 N–H and O–H groups in total.